The molecule has 0 amide bonds. The van der Waals surface area contributed by atoms with Gasteiger partial charge in [-0.25, -0.2) is 0 Å². The molecule has 0 aliphatic carbocycles. The lowest BCUT2D eigenvalue weighted by Crippen LogP contribution is -1.92. The first-order valence-electron chi connectivity index (χ1n) is 8.66. The summed E-state index contributed by atoms with van der Waals surface area (Å²) in [6.45, 7) is 0. The van der Waals surface area contributed by atoms with Gasteiger partial charge in [-0.05, 0) is 48.6 Å². The number of hydrogen-bond acceptors (Lipinski definition) is 6. The van der Waals surface area contributed by atoms with E-state index in [1.807, 2.05) is 29.8 Å². The Morgan fingerprint density at radius 2 is 1.30 bits per heavy atom. The average Bonchev–Trinajstić information content (AvgIpc) is 3.49. The Morgan fingerprint density at radius 3 is 1.87 bits per heavy atom. The quantitative estimate of drug-likeness (QED) is 0.447. The molecule has 30 heavy (non-hydrogen) atoms. The molecule has 7 nitrogen and oxygen atoms in total. The number of rotatable bonds is 5. The van der Waals surface area contributed by atoms with Crippen LogP contribution in [-0.4, -0.2) is 4.57 Å². The first kappa shape index (κ1) is 19.8. The molecule has 0 aliphatic heterocycles. The predicted octanol–water partition coefficient (Wildman–Crippen LogP) is 4.96. The van der Waals surface area contributed by atoms with Crippen molar-refractivity contribution in [2.75, 3.05) is 0 Å². The highest BCUT2D eigenvalue weighted by Gasteiger charge is 2.14. The molecule has 0 radical (unpaired) electrons. The SMILES string of the molecule is Cn1c(-c2ccc(C=C(C#N)C#N)o2)ccc1-c1ccc(/C=C/C=C(C#N)C#N)o1. The van der Waals surface area contributed by atoms with Gasteiger partial charge in [0.1, 0.15) is 46.9 Å². The van der Waals surface area contributed by atoms with Gasteiger partial charge in [0.2, 0.25) is 0 Å². The Labute approximate surface area is 172 Å². The number of allylic oxidation sites excluding steroid dienone is 4. The van der Waals surface area contributed by atoms with Crippen LogP contribution in [0.5, 0.6) is 0 Å². The first-order chi connectivity index (χ1) is 14.6. The van der Waals surface area contributed by atoms with E-state index in [-0.39, 0.29) is 11.1 Å². The van der Waals surface area contributed by atoms with Crippen LogP contribution in [-0.2, 0) is 7.05 Å². The van der Waals surface area contributed by atoms with Gasteiger partial charge in [0.15, 0.2) is 11.5 Å². The van der Waals surface area contributed by atoms with Crippen molar-refractivity contribution in [2.24, 2.45) is 7.05 Å². The van der Waals surface area contributed by atoms with E-state index < -0.39 is 0 Å². The van der Waals surface area contributed by atoms with Gasteiger partial charge in [0, 0.05) is 13.1 Å². The van der Waals surface area contributed by atoms with Crippen molar-refractivity contribution < 1.29 is 8.83 Å². The number of nitriles is 4. The summed E-state index contributed by atoms with van der Waals surface area (Å²) in [5, 5.41) is 35.2. The van der Waals surface area contributed by atoms with Gasteiger partial charge in [-0.15, -0.1) is 0 Å². The van der Waals surface area contributed by atoms with Crippen molar-refractivity contribution in [1.29, 1.82) is 21.0 Å². The molecule has 0 aliphatic rings. The second kappa shape index (κ2) is 8.81. The van der Waals surface area contributed by atoms with E-state index in [4.69, 9.17) is 29.9 Å². The number of furan rings is 2. The third kappa shape index (κ3) is 4.12. The van der Waals surface area contributed by atoms with E-state index in [2.05, 4.69) is 0 Å². The lowest BCUT2D eigenvalue weighted by molar-refractivity contribution is 0.560. The van der Waals surface area contributed by atoms with Crippen molar-refractivity contribution >= 4 is 12.2 Å². The van der Waals surface area contributed by atoms with Crippen LogP contribution in [0.2, 0.25) is 0 Å². The zero-order valence-electron chi connectivity index (χ0n) is 15.8. The molecule has 0 bridgehead atoms. The standard InChI is InChI=1S/C23H13N5O2/c1-28-20(22-9-5-18(29-22)4-2-3-16(12-24)13-25)7-8-21(28)23-10-6-19(30-23)11-17(14-26)15-27/h2-11H,1H3/b4-2+. The van der Waals surface area contributed by atoms with Gasteiger partial charge in [0.05, 0.1) is 11.4 Å². The maximum Gasteiger partial charge on any atom is 0.151 e. The molecule has 0 unspecified atom stereocenters. The lowest BCUT2D eigenvalue weighted by Gasteiger charge is -2.04. The fraction of sp³-hybridized carbons (Fsp3) is 0.0435. The Bertz CT molecular complexity index is 1320. The van der Waals surface area contributed by atoms with Crippen molar-refractivity contribution in [1.82, 2.24) is 4.57 Å². The Hall–Kier alpha value is -4.98. The Balaban J connectivity index is 1.85. The van der Waals surface area contributed by atoms with E-state index in [0.29, 0.717) is 23.0 Å². The van der Waals surface area contributed by atoms with E-state index in [1.54, 1.807) is 54.6 Å². The van der Waals surface area contributed by atoms with E-state index in [9.17, 15) is 0 Å². The summed E-state index contributed by atoms with van der Waals surface area (Å²) in [6.07, 6.45) is 6.04. The average molecular weight is 391 g/mol. The molecule has 0 saturated carbocycles. The minimum Gasteiger partial charge on any atom is -0.455 e. The van der Waals surface area contributed by atoms with Crippen LogP contribution in [0.15, 0.2) is 68.5 Å². The van der Waals surface area contributed by atoms with Gasteiger partial charge >= 0.3 is 0 Å². The zero-order chi connectivity index (χ0) is 21.5. The molecule has 0 atom stereocenters. The molecule has 3 aromatic heterocycles. The van der Waals surface area contributed by atoms with Crippen molar-refractivity contribution in [2.45, 2.75) is 0 Å². The van der Waals surface area contributed by atoms with Crippen LogP contribution in [0.1, 0.15) is 11.5 Å². The number of hydrogen-bond donors (Lipinski definition) is 0. The van der Waals surface area contributed by atoms with Crippen LogP contribution < -0.4 is 0 Å². The maximum absolute atomic E-state index is 8.86. The topological polar surface area (TPSA) is 126 Å². The summed E-state index contributed by atoms with van der Waals surface area (Å²) in [4.78, 5) is 0. The number of aromatic nitrogens is 1. The van der Waals surface area contributed by atoms with Gasteiger partial charge in [-0.2, -0.15) is 21.0 Å². The maximum atomic E-state index is 8.86. The van der Waals surface area contributed by atoms with Gasteiger partial charge in [0.25, 0.3) is 0 Å². The predicted molar refractivity (Wildman–Crippen MR) is 108 cm³/mol. The summed E-state index contributed by atoms with van der Waals surface area (Å²) in [5.74, 6) is 2.21. The molecule has 0 fully saturated rings. The lowest BCUT2D eigenvalue weighted by atomic mass is 10.2. The van der Waals surface area contributed by atoms with E-state index in [1.165, 1.54) is 12.2 Å². The first-order valence-corrected chi connectivity index (χ1v) is 8.66. The molecule has 3 heterocycles. The smallest absolute Gasteiger partial charge is 0.151 e. The molecule has 0 saturated heterocycles. The number of nitrogens with zero attached hydrogens (tertiary/aromatic N) is 5. The summed E-state index contributed by atoms with van der Waals surface area (Å²) >= 11 is 0. The second-order valence-electron chi connectivity index (χ2n) is 6.01. The van der Waals surface area contributed by atoms with Gasteiger partial charge in [-0.1, -0.05) is 6.08 Å². The van der Waals surface area contributed by atoms with Gasteiger partial charge in [-0.3, -0.25) is 0 Å². The second-order valence-corrected chi connectivity index (χ2v) is 6.01. The van der Waals surface area contributed by atoms with Crippen LogP contribution in [0.3, 0.4) is 0 Å². The molecule has 0 N–H and O–H groups in total. The van der Waals surface area contributed by atoms with Crippen LogP contribution in [0.25, 0.3) is 35.1 Å². The summed E-state index contributed by atoms with van der Waals surface area (Å²) in [6, 6.07) is 18.0. The Morgan fingerprint density at radius 1 is 0.767 bits per heavy atom. The van der Waals surface area contributed by atoms with Crippen LogP contribution >= 0.6 is 0 Å². The monoisotopic (exact) mass is 391 g/mol. The Kier molecular flexibility index (Phi) is 5.80. The normalized spacial score (nSPS) is 9.90. The van der Waals surface area contributed by atoms with Crippen molar-refractivity contribution in [3.63, 3.8) is 0 Å². The van der Waals surface area contributed by atoms with Gasteiger partial charge < -0.3 is 13.4 Å². The van der Waals surface area contributed by atoms with Crippen LogP contribution in [0.4, 0.5) is 0 Å². The highest BCUT2D eigenvalue weighted by Crippen LogP contribution is 2.30. The van der Waals surface area contributed by atoms with Crippen LogP contribution in [0, 0.1) is 45.3 Å². The molecule has 0 spiro atoms. The zero-order valence-corrected chi connectivity index (χ0v) is 15.8. The molecule has 142 valence electrons. The summed E-state index contributed by atoms with van der Waals surface area (Å²) in [7, 11) is 1.87. The minimum absolute atomic E-state index is 0.00873. The minimum atomic E-state index is -0.0360. The largest absolute Gasteiger partial charge is 0.455 e. The molecule has 0 aromatic carbocycles. The molecule has 7 heteroatoms. The van der Waals surface area contributed by atoms with Crippen molar-refractivity contribution in [3.8, 4) is 47.2 Å². The van der Waals surface area contributed by atoms with Crippen molar-refractivity contribution in [3.05, 3.63) is 71.2 Å². The fourth-order valence-corrected chi connectivity index (χ4v) is 2.72. The summed E-state index contributed by atoms with van der Waals surface area (Å²) < 4.78 is 13.5. The fourth-order valence-electron chi connectivity index (χ4n) is 2.72. The third-order valence-electron chi connectivity index (χ3n) is 4.17. The van der Waals surface area contributed by atoms with E-state index >= 15 is 0 Å². The molecular weight excluding hydrogens is 378 g/mol. The highest BCUT2D eigenvalue weighted by molar-refractivity contribution is 5.67. The molecule has 3 rings (SSSR count). The highest BCUT2D eigenvalue weighted by atomic mass is 16.3. The third-order valence-corrected chi connectivity index (χ3v) is 4.17. The molecular formula is C23H13N5O2. The summed E-state index contributed by atoms with van der Waals surface area (Å²) in [5.41, 5.74) is 1.59. The van der Waals surface area contributed by atoms with E-state index in [0.717, 1.165) is 11.4 Å². The molecule has 3 aromatic rings.